The third-order valence-electron chi connectivity index (χ3n) is 7.03. The fourth-order valence-corrected chi connectivity index (χ4v) is 5.08. The summed E-state index contributed by atoms with van der Waals surface area (Å²) in [5.74, 6) is 0.378. The highest BCUT2D eigenvalue weighted by Crippen LogP contribution is 2.54. The zero-order valence-electron chi connectivity index (χ0n) is 18.8. The molecule has 1 aliphatic rings. The van der Waals surface area contributed by atoms with Crippen molar-refractivity contribution in [3.63, 3.8) is 0 Å². The van der Waals surface area contributed by atoms with Crippen LogP contribution in [0.15, 0.2) is 91.8 Å². The quantitative estimate of drug-likeness (QED) is 0.345. The van der Waals surface area contributed by atoms with Gasteiger partial charge >= 0.3 is 0 Å². The van der Waals surface area contributed by atoms with Gasteiger partial charge in [0.05, 0.1) is 24.0 Å². The average Bonchev–Trinajstić information content (AvgIpc) is 3.31. The van der Waals surface area contributed by atoms with Gasteiger partial charge in [0.25, 0.3) is 0 Å². The predicted octanol–water partition coefficient (Wildman–Crippen LogP) is 5.41. The number of fused-ring (bicyclic) bond motifs is 2. The number of benzene rings is 2. The molecule has 7 heteroatoms. The number of rotatable bonds is 5. The first-order chi connectivity index (χ1) is 17.2. The minimum absolute atomic E-state index is 0.146. The second-order valence-electron chi connectivity index (χ2n) is 9.13. The second-order valence-corrected chi connectivity index (χ2v) is 9.13. The van der Waals surface area contributed by atoms with Crippen molar-refractivity contribution in [1.82, 2.24) is 29.1 Å². The molecule has 0 radical (unpaired) electrons. The molecule has 7 rings (SSSR count). The lowest BCUT2D eigenvalue weighted by molar-refractivity contribution is 0.585. The Morgan fingerprint density at radius 2 is 1.77 bits per heavy atom. The van der Waals surface area contributed by atoms with Gasteiger partial charge < -0.3 is 0 Å². The monoisotopic (exact) mass is 460 g/mol. The molecular weight excluding hydrogens is 439 g/mol. The van der Waals surface area contributed by atoms with Crippen molar-refractivity contribution < 1.29 is 4.39 Å². The summed E-state index contributed by atoms with van der Waals surface area (Å²) in [4.78, 5) is 13.9. The SMILES string of the molecule is Fc1cc(-c2cnc3ncc(C4(c5cccc6cccnc56)CC4)n3c2)ccc1Cn1cccn1. The maximum Gasteiger partial charge on any atom is 0.233 e. The van der Waals surface area contributed by atoms with Gasteiger partial charge in [0.1, 0.15) is 5.82 Å². The predicted molar refractivity (Wildman–Crippen MR) is 131 cm³/mol. The summed E-state index contributed by atoms with van der Waals surface area (Å²) in [6.45, 7) is 0.393. The van der Waals surface area contributed by atoms with Gasteiger partial charge in [0.2, 0.25) is 5.78 Å². The summed E-state index contributed by atoms with van der Waals surface area (Å²) in [5.41, 5.74) is 5.40. The van der Waals surface area contributed by atoms with E-state index in [-0.39, 0.29) is 11.2 Å². The molecule has 2 aromatic carbocycles. The maximum absolute atomic E-state index is 14.9. The van der Waals surface area contributed by atoms with Crippen molar-refractivity contribution in [2.45, 2.75) is 24.8 Å². The first-order valence-corrected chi connectivity index (χ1v) is 11.7. The Labute approximate surface area is 200 Å². The molecule has 4 heterocycles. The van der Waals surface area contributed by atoms with Gasteiger partial charge in [-0.3, -0.25) is 14.1 Å². The highest BCUT2D eigenvalue weighted by molar-refractivity contribution is 5.84. The van der Waals surface area contributed by atoms with Crippen molar-refractivity contribution in [2.24, 2.45) is 0 Å². The Hall–Kier alpha value is -4.39. The van der Waals surface area contributed by atoms with Crippen LogP contribution in [0.4, 0.5) is 4.39 Å². The molecule has 0 spiro atoms. The van der Waals surface area contributed by atoms with Crippen LogP contribution in [0, 0.1) is 5.82 Å². The van der Waals surface area contributed by atoms with Gasteiger partial charge in [0, 0.05) is 52.9 Å². The molecule has 35 heavy (non-hydrogen) atoms. The second kappa shape index (κ2) is 7.56. The zero-order valence-corrected chi connectivity index (χ0v) is 18.8. The minimum atomic E-state index is -0.260. The molecule has 0 unspecified atom stereocenters. The van der Waals surface area contributed by atoms with Gasteiger partial charge in [-0.25, -0.2) is 14.4 Å². The zero-order chi connectivity index (χ0) is 23.4. The summed E-state index contributed by atoms with van der Waals surface area (Å²) < 4.78 is 18.7. The molecule has 6 nitrogen and oxygen atoms in total. The van der Waals surface area contributed by atoms with Crippen LogP contribution in [-0.2, 0) is 12.0 Å². The van der Waals surface area contributed by atoms with Crippen LogP contribution in [0.2, 0.25) is 0 Å². The first kappa shape index (κ1) is 20.0. The van der Waals surface area contributed by atoms with E-state index >= 15 is 0 Å². The number of nitrogens with zero attached hydrogens (tertiary/aromatic N) is 6. The minimum Gasteiger partial charge on any atom is -0.287 e. The molecule has 0 N–H and O–H groups in total. The van der Waals surface area contributed by atoms with E-state index in [4.69, 9.17) is 4.98 Å². The highest BCUT2D eigenvalue weighted by atomic mass is 19.1. The van der Waals surface area contributed by atoms with E-state index in [1.807, 2.05) is 49.1 Å². The number of aromatic nitrogens is 6. The number of hydrogen-bond acceptors (Lipinski definition) is 4. The number of imidazole rings is 1. The Kier molecular flexibility index (Phi) is 4.33. The number of hydrogen-bond donors (Lipinski definition) is 0. The molecule has 0 amide bonds. The molecule has 1 aliphatic carbocycles. The van der Waals surface area contributed by atoms with Crippen molar-refractivity contribution >= 4 is 16.7 Å². The normalized spacial score (nSPS) is 14.5. The van der Waals surface area contributed by atoms with E-state index < -0.39 is 0 Å². The van der Waals surface area contributed by atoms with Gasteiger partial charge in [-0.05, 0) is 42.2 Å². The molecule has 170 valence electrons. The van der Waals surface area contributed by atoms with E-state index in [1.54, 1.807) is 23.1 Å². The maximum atomic E-state index is 14.9. The average molecular weight is 461 g/mol. The van der Waals surface area contributed by atoms with Crippen LogP contribution in [0.25, 0.3) is 27.8 Å². The van der Waals surface area contributed by atoms with Crippen LogP contribution in [0.1, 0.15) is 29.7 Å². The first-order valence-electron chi connectivity index (χ1n) is 11.7. The number of halogens is 1. The van der Waals surface area contributed by atoms with Crippen molar-refractivity contribution in [3.8, 4) is 11.1 Å². The van der Waals surface area contributed by atoms with Crippen LogP contribution < -0.4 is 0 Å². The van der Waals surface area contributed by atoms with Gasteiger partial charge in [-0.15, -0.1) is 0 Å². The molecule has 1 saturated carbocycles. The lowest BCUT2D eigenvalue weighted by atomic mass is 9.90. The standard InChI is InChI=1S/C28H21FN6/c29-24-14-20(7-8-21(24)17-34-13-3-12-33-34)22-15-31-27-32-16-25(35(27)18-22)28(9-10-28)23-6-1-4-19-5-2-11-30-26(19)23/h1-8,11-16,18H,9-10,17H2. The van der Waals surface area contributed by atoms with Crippen molar-refractivity contribution in [1.29, 1.82) is 0 Å². The molecule has 0 saturated heterocycles. The van der Waals surface area contributed by atoms with E-state index in [0.717, 1.165) is 40.6 Å². The summed E-state index contributed by atoms with van der Waals surface area (Å²) in [6, 6.07) is 17.6. The lowest BCUT2D eigenvalue weighted by Gasteiger charge is -2.17. The van der Waals surface area contributed by atoms with Crippen LogP contribution in [-0.4, -0.2) is 29.1 Å². The Balaban J connectivity index is 1.30. The summed E-state index contributed by atoms with van der Waals surface area (Å²) in [5, 5.41) is 5.30. The Morgan fingerprint density at radius 3 is 2.60 bits per heavy atom. The Bertz CT molecular complexity index is 1690. The number of para-hydroxylation sites is 1. The highest BCUT2D eigenvalue weighted by Gasteiger charge is 2.49. The number of pyridine rings is 1. The molecule has 1 fully saturated rings. The fourth-order valence-electron chi connectivity index (χ4n) is 5.08. The van der Waals surface area contributed by atoms with Crippen molar-refractivity contribution in [2.75, 3.05) is 0 Å². The van der Waals surface area contributed by atoms with Crippen LogP contribution >= 0.6 is 0 Å². The molecule has 0 bridgehead atoms. The molecule has 4 aromatic heterocycles. The molecule has 6 aromatic rings. The fraction of sp³-hybridized carbons (Fsp3) is 0.143. The summed E-state index contributed by atoms with van der Waals surface area (Å²) in [6.07, 6.45) is 13.1. The Morgan fingerprint density at radius 1 is 0.886 bits per heavy atom. The summed E-state index contributed by atoms with van der Waals surface area (Å²) >= 11 is 0. The van der Waals surface area contributed by atoms with E-state index in [2.05, 4.69) is 43.7 Å². The molecule has 0 aliphatic heterocycles. The van der Waals surface area contributed by atoms with Crippen LogP contribution in [0.3, 0.4) is 0 Å². The topological polar surface area (TPSA) is 60.9 Å². The van der Waals surface area contributed by atoms with E-state index in [9.17, 15) is 4.39 Å². The van der Waals surface area contributed by atoms with Gasteiger partial charge in [-0.2, -0.15) is 5.10 Å². The smallest absolute Gasteiger partial charge is 0.233 e. The van der Waals surface area contributed by atoms with Crippen LogP contribution in [0.5, 0.6) is 0 Å². The van der Waals surface area contributed by atoms with Crippen molar-refractivity contribution in [3.05, 3.63) is 114 Å². The van der Waals surface area contributed by atoms with E-state index in [0.29, 0.717) is 17.9 Å². The lowest BCUT2D eigenvalue weighted by Crippen LogP contribution is -2.13. The molecule has 0 atom stereocenters. The van der Waals surface area contributed by atoms with Gasteiger partial charge in [-0.1, -0.05) is 36.4 Å². The van der Waals surface area contributed by atoms with E-state index in [1.165, 1.54) is 5.56 Å². The van der Waals surface area contributed by atoms with Gasteiger partial charge in [0.15, 0.2) is 0 Å². The molecular formula is C28H21FN6. The summed E-state index contributed by atoms with van der Waals surface area (Å²) in [7, 11) is 0. The third kappa shape index (κ3) is 3.23. The third-order valence-corrected chi connectivity index (χ3v) is 7.03. The largest absolute Gasteiger partial charge is 0.287 e.